The summed E-state index contributed by atoms with van der Waals surface area (Å²) in [6.45, 7) is 1.39. The van der Waals surface area contributed by atoms with Crippen molar-refractivity contribution in [3.63, 3.8) is 0 Å². The van der Waals surface area contributed by atoms with Gasteiger partial charge in [0.2, 0.25) is 5.60 Å². The van der Waals surface area contributed by atoms with Gasteiger partial charge >= 0.3 is 5.97 Å². The summed E-state index contributed by atoms with van der Waals surface area (Å²) in [7, 11) is 0. The number of benzene rings is 1. The van der Waals surface area contributed by atoms with Crippen LogP contribution in [0.2, 0.25) is 0 Å². The van der Waals surface area contributed by atoms with Crippen LogP contribution in [-0.4, -0.2) is 16.7 Å². The molecule has 0 saturated heterocycles. The van der Waals surface area contributed by atoms with Gasteiger partial charge in [-0.15, -0.1) is 0 Å². The minimum atomic E-state index is -1.49. The average Bonchev–Trinajstić information content (AvgIpc) is 2.62. The molecule has 1 N–H and O–H groups in total. The van der Waals surface area contributed by atoms with E-state index in [-0.39, 0.29) is 5.56 Å². The van der Waals surface area contributed by atoms with E-state index in [2.05, 4.69) is 0 Å². The third-order valence-corrected chi connectivity index (χ3v) is 3.06. The van der Waals surface area contributed by atoms with Crippen molar-refractivity contribution in [3.8, 4) is 6.07 Å². The number of nitrogens with zero attached hydrogens (tertiary/aromatic N) is 2. The van der Waals surface area contributed by atoms with Gasteiger partial charge < -0.3 is 5.11 Å². The largest absolute Gasteiger partial charge is 0.479 e. The number of carboxylic acid groups (broad SMARTS) is 1. The molecule has 2 aliphatic rings. The Labute approximate surface area is 101 Å². The summed E-state index contributed by atoms with van der Waals surface area (Å²) in [4.78, 5) is 16.4. The number of carbonyl (C=O) groups is 1. The quantitative estimate of drug-likeness (QED) is 0.815. The first kappa shape index (κ1) is 10.7. The van der Waals surface area contributed by atoms with Crippen LogP contribution in [0.15, 0.2) is 18.2 Å². The molecule has 0 saturated carbocycles. The lowest BCUT2D eigenvalue weighted by Gasteiger charge is -2.34. The maximum Gasteiger partial charge on any atom is 0.342 e. The molecule has 0 bridgehead atoms. The van der Waals surface area contributed by atoms with Gasteiger partial charge in [-0.05, 0) is 25.1 Å². The standard InChI is InChI=1S/C12H7FN2O3/c1-12(11(16)17)4-9-10-6(5-14)7(13)2-3-8(10)15(9)18-12/h2-4H,1H3,(H,16,17). The Balaban J connectivity index is 2.17. The Morgan fingerprint density at radius 3 is 2.94 bits per heavy atom. The number of halogens is 1. The predicted molar refractivity (Wildman–Crippen MR) is 58.7 cm³/mol. The van der Waals surface area contributed by atoms with Crippen molar-refractivity contribution in [2.24, 2.45) is 0 Å². The van der Waals surface area contributed by atoms with Crippen molar-refractivity contribution in [3.05, 3.63) is 35.2 Å². The summed E-state index contributed by atoms with van der Waals surface area (Å²) in [5.41, 5.74) is -0.247. The van der Waals surface area contributed by atoms with E-state index in [0.29, 0.717) is 16.9 Å². The lowest BCUT2D eigenvalue weighted by Crippen LogP contribution is -2.38. The second kappa shape index (κ2) is 3.09. The smallest absolute Gasteiger partial charge is 0.342 e. The van der Waals surface area contributed by atoms with Crippen molar-refractivity contribution in [2.75, 3.05) is 5.06 Å². The average molecular weight is 246 g/mol. The van der Waals surface area contributed by atoms with Gasteiger partial charge in [-0.25, -0.2) is 19.1 Å². The van der Waals surface area contributed by atoms with Crippen LogP contribution in [0.1, 0.15) is 18.1 Å². The molecule has 0 spiro atoms. The van der Waals surface area contributed by atoms with E-state index in [1.807, 2.05) is 0 Å². The van der Waals surface area contributed by atoms with Crippen LogP contribution in [0.5, 0.6) is 0 Å². The summed E-state index contributed by atoms with van der Waals surface area (Å²) in [6, 6.07) is 4.39. The molecule has 2 aliphatic heterocycles. The maximum atomic E-state index is 13.4. The van der Waals surface area contributed by atoms with Crippen LogP contribution in [0, 0.1) is 17.1 Å². The molecule has 5 nitrogen and oxygen atoms in total. The summed E-state index contributed by atoms with van der Waals surface area (Å²) in [5.74, 6) is -1.77. The number of hydrogen-bond donors (Lipinski definition) is 1. The highest BCUT2D eigenvalue weighted by atomic mass is 19.1. The van der Waals surface area contributed by atoms with Crippen LogP contribution >= 0.6 is 0 Å². The minimum absolute atomic E-state index is 0.0896. The van der Waals surface area contributed by atoms with Gasteiger partial charge in [-0.1, -0.05) is 0 Å². The summed E-state index contributed by atoms with van der Waals surface area (Å²) >= 11 is 0. The zero-order valence-electron chi connectivity index (χ0n) is 9.27. The second-order valence-electron chi connectivity index (χ2n) is 4.26. The normalized spacial score (nSPS) is 23.6. The fourth-order valence-corrected chi connectivity index (χ4v) is 2.09. The molecule has 0 radical (unpaired) electrons. The topological polar surface area (TPSA) is 73.6 Å². The van der Waals surface area contributed by atoms with Crippen LogP contribution < -0.4 is 5.06 Å². The van der Waals surface area contributed by atoms with Crippen molar-refractivity contribution < 1.29 is 19.1 Å². The van der Waals surface area contributed by atoms with Crippen LogP contribution in [0.3, 0.4) is 0 Å². The summed E-state index contributed by atoms with van der Waals surface area (Å²) in [5, 5.41) is 19.3. The third-order valence-electron chi connectivity index (χ3n) is 3.06. The SMILES string of the molecule is CC1(C(=O)O)C=C2c3c(ccc(F)c3C#N)N2O1. The highest BCUT2D eigenvalue weighted by Crippen LogP contribution is 2.51. The molecule has 18 heavy (non-hydrogen) atoms. The molecule has 1 aromatic rings. The molecule has 0 fully saturated rings. The molecule has 0 aliphatic carbocycles. The lowest BCUT2D eigenvalue weighted by atomic mass is 9.93. The van der Waals surface area contributed by atoms with Gasteiger partial charge in [-0.3, -0.25) is 0 Å². The van der Waals surface area contributed by atoms with Gasteiger partial charge in [0, 0.05) is 5.56 Å². The molecule has 1 aromatic carbocycles. The van der Waals surface area contributed by atoms with E-state index >= 15 is 0 Å². The third kappa shape index (κ3) is 1.09. The molecular formula is C12H7FN2O3. The Morgan fingerprint density at radius 2 is 2.33 bits per heavy atom. The zero-order valence-corrected chi connectivity index (χ0v) is 9.27. The number of rotatable bonds is 1. The van der Waals surface area contributed by atoms with Gasteiger partial charge in [0.05, 0.1) is 16.9 Å². The first-order valence-corrected chi connectivity index (χ1v) is 5.16. The van der Waals surface area contributed by atoms with Crippen LogP contribution in [0.4, 0.5) is 10.1 Å². The monoisotopic (exact) mass is 246 g/mol. The maximum absolute atomic E-state index is 13.4. The van der Waals surface area contributed by atoms with E-state index in [9.17, 15) is 9.18 Å². The number of fused-ring (bicyclic) bond motifs is 4. The highest BCUT2D eigenvalue weighted by Gasteiger charge is 2.49. The molecule has 0 amide bonds. The van der Waals surface area contributed by atoms with Gasteiger partial charge in [-0.2, -0.15) is 5.26 Å². The second-order valence-corrected chi connectivity index (χ2v) is 4.26. The van der Waals surface area contributed by atoms with E-state index in [4.69, 9.17) is 15.2 Å². The van der Waals surface area contributed by atoms with E-state index in [0.717, 1.165) is 6.07 Å². The Kier molecular flexibility index (Phi) is 1.84. The van der Waals surface area contributed by atoms with Crippen molar-refractivity contribution in [1.82, 2.24) is 0 Å². The minimum Gasteiger partial charge on any atom is -0.479 e. The molecule has 0 aromatic heterocycles. The van der Waals surface area contributed by atoms with Gasteiger partial charge in [0.25, 0.3) is 0 Å². The predicted octanol–water partition coefficient (Wildman–Crippen LogP) is 1.65. The van der Waals surface area contributed by atoms with Gasteiger partial charge in [0.15, 0.2) is 0 Å². The molecule has 1 unspecified atom stereocenters. The fourth-order valence-electron chi connectivity index (χ4n) is 2.09. The Bertz CT molecular complexity index is 662. The molecule has 90 valence electrons. The lowest BCUT2D eigenvalue weighted by molar-refractivity contribution is -0.155. The summed E-state index contributed by atoms with van der Waals surface area (Å²) in [6.07, 6.45) is 1.37. The van der Waals surface area contributed by atoms with E-state index in [1.54, 1.807) is 6.07 Å². The number of carboxylic acids is 1. The highest BCUT2D eigenvalue weighted by molar-refractivity contribution is 6.02. The number of hydrogen-bond acceptors (Lipinski definition) is 4. The first-order valence-electron chi connectivity index (χ1n) is 5.16. The molecular weight excluding hydrogens is 239 g/mol. The van der Waals surface area contributed by atoms with E-state index < -0.39 is 17.4 Å². The molecule has 3 rings (SSSR count). The van der Waals surface area contributed by atoms with Gasteiger partial charge in [0.1, 0.15) is 11.9 Å². The number of hydroxylamine groups is 1. The van der Waals surface area contributed by atoms with Crippen molar-refractivity contribution in [2.45, 2.75) is 12.5 Å². The number of nitriles is 1. The van der Waals surface area contributed by atoms with Crippen LogP contribution in [-0.2, 0) is 9.63 Å². The molecule has 2 heterocycles. The van der Waals surface area contributed by atoms with E-state index in [1.165, 1.54) is 24.1 Å². The Hall–Kier alpha value is -2.39. The fraction of sp³-hybridized carbons (Fsp3) is 0.167. The number of aliphatic carboxylic acids is 1. The Morgan fingerprint density at radius 1 is 1.61 bits per heavy atom. The van der Waals surface area contributed by atoms with Crippen LogP contribution in [0.25, 0.3) is 5.70 Å². The van der Waals surface area contributed by atoms with Crippen molar-refractivity contribution >= 4 is 17.4 Å². The number of anilines is 1. The molecule has 1 atom stereocenters. The van der Waals surface area contributed by atoms with Crippen molar-refractivity contribution in [1.29, 1.82) is 5.26 Å². The first-order chi connectivity index (χ1) is 8.48. The summed E-state index contributed by atoms with van der Waals surface area (Å²) < 4.78 is 13.4. The zero-order chi connectivity index (χ0) is 13.1. The molecule has 6 heteroatoms.